The lowest BCUT2D eigenvalue weighted by molar-refractivity contribution is 0.858. The standard InChI is InChI=1S/C12H18N4/c1-9(2)10-4-5-12(15-8-10)16-11(13)6-7-14-3/h4-9,14H,1-3H3,(H2,13,15,16)/b7-6-. The molecule has 0 bridgehead atoms. The molecule has 1 rings (SSSR count). The summed E-state index contributed by atoms with van der Waals surface area (Å²) in [6.07, 6.45) is 5.25. The van der Waals surface area contributed by atoms with Crippen molar-refractivity contribution in [2.75, 3.05) is 7.05 Å². The van der Waals surface area contributed by atoms with Gasteiger partial charge in [0.15, 0.2) is 5.82 Å². The minimum absolute atomic E-state index is 0.430. The van der Waals surface area contributed by atoms with Gasteiger partial charge in [-0.2, -0.15) is 0 Å². The van der Waals surface area contributed by atoms with E-state index in [1.54, 1.807) is 19.3 Å². The first-order valence-electron chi connectivity index (χ1n) is 5.27. The van der Waals surface area contributed by atoms with Crippen LogP contribution in [0.5, 0.6) is 0 Å². The van der Waals surface area contributed by atoms with Gasteiger partial charge in [0.25, 0.3) is 0 Å². The van der Waals surface area contributed by atoms with E-state index in [-0.39, 0.29) is 0 Å². The van der Waals surface area contributed by atoms with Gasteiger partial charge in [-0.25, -0.2) is 9.98 Å². The van der Waals surface area contributed by atoms with Crippen LogP contribution in [0.25, 0.3) is 0 Å². The van der Waals surface area contributed by atoms with Crippen LogP contribution in [0.3, 0.4) is 0 Å². The van der Waals surface area contributed by atoms with Crippen molar-refractivity contribution in [1.82, 2.24) is 10.3 Å². The first-order chi connectivity index (χ1) is 7.63. The first kappa shape index (κ1) is 12.2. The predicted molar refractivity (Wildman–Crippen MR) is 67.8 cm³/mol. The summed E-state index contributed by atoms with van der Waals surface area (Å²) in [6, 6.07) is 3.89. The Balaban J connectivity index is 2.78. The van der Waals surface area contributed by atoms with E-state index in [1.165, 1.54) is 5.56 Å². The molecule has 0 aliphatic rings. The van der Waals surface area contributed by atoms with Gasteiger partial charge >= 0.3 is 0 Å². The largest absolute Gasteiger partial charge is 0.394 e. The molecule has 1 heterocycles. The Labute approximate surface area is 96.3 Å². The Morgan fingerprint density at radius 2 is 2.25 bits per heavy atom. The zero-order valence-corrected chi connectivity index (χ0v) is 9.94. The van der Waals surface area contributed by atoms with Gasteiger partial charge in [0.2, 0.25) is 0 Å². The average Bonchev–Trinajstić information content (AvgIpc) is 2.27. The summed E-state index contributed by atoms with van der Waals surface area (Å²) in [7, 11) is 1.81. The maximum absolute atomic E-state index is 5.67. The van der Waals surface area contributed by atoms with Crippen LogP contribution in [0.15, 0.2) is 35.6 Å². The van der Waals surface area contributed by atoms with Crippen LogP contribution in [0.1, 0.15) is 25.3 Å². The van der Waals surface area contributed by atoms with Crippen LogP contribution in [-0.2, 0) is 0 Å². The van der Waals surface area contributed by atoms with Crippen molar-refractivity contribution in [2.45, 2.75) is 19.8 Å². The van der Waals surface area contributed by atoms with E-state index in [4.69, 9.17) is 5.73 Å². The maximum atomic E-state index is 5.67. The van der Waals surface area contributed by atoms with E-state index in [0.717, 1.165) is 0 Å². The first-order valence-corrected chi connectivity index (χ1v) is 5.27. The fourth-order valence-corrected chi connectivity index (χ4v) is 1.14. The van der Waals surface area contributed by atoms with Crippen molar-refractivity contribution in [2.24, 2.45) is 10.7 Å². The highest BCUT2D eigenvalue weighted by Crippen LogP contribution is 2.15. The third-order valence-corrected chi connectivity index (χ3v) is 2.10. The number of nitrogens with zero attached hydrogens (tertiary/aromatic N) is 2. The number of hydrogen-bond donors (Lipinski definition) is 2. The molecule has 0 radical (unpaired) electrons. The third-order valence-electron chi connectivity index (χ3n) is 2.10. The monoisotopic (exact) mass is 218 g/mol. The molecular formula is C12H18N4. The van der Waals surface area contributed by atoms with E-state index >= 15 is 0 Å². The van der Waals surface area contributed by atoms with Gasteiger partial charge in [-0.15, -0.1) is 0 Å². The van der Waals surface area contributed by atoms with Gasteiger partial charge in [0.05, 0.1) is 0 Å². The van der Waals surface area contributed by atoms with Gasteiger partial charge < -0.3 is 11.1 Å². The number of pyridine rings is 1. The number of nitrogens with one attached hydrogen (secondary N) is 1. The van der Waals surface area contributed by atoms with E-state index in [0.29, 0.717) is 17.6 Å². The molecule has 0 aliphatic carbocycles. The number of aliphatic imine (C=N–C) groups is 1. The Morgan fingerprint density at radius 1 is 1.50 bits per heavy atom. The molecule has 0 atom stereocenters. The molecule has 86 valence electrons. The highest BCUT2D eigenvalue weighted by Gasteiger charge is 1.99. The van der Waals surface area contributed by atoms with Gasteiger partial charge in [-0.05, 0) is 29.8 Å². The molecule has 0 unspecified atom stereocenters. The molecule has 1 aromatic heterocycles. The summed E-state index contributed by atoms with van der Waals surface area (Å²) >= 11 is 0. The topological polar surface area (TPSA) is 63.3 Å². The number of hydrogen-bond acceptors (Lipinski definition) is 3. The number of nitrogens with two attached hydrogens (primary N) is 1. The van der Waals surface area contributed by atoms with Crippen LogP contribution >= 0.6 is 0 Å². The van der Waals surface area contributed by atoms with Crippen molar-refractivity contribution in [3.05, 3.63) is 36.2 Å². The van der Waals surface area contributed by atoms with Crippen LogP contribution in [0.2, 0.25) is 0 Å². The summed E-state index contributed by atoms with van der Waals surface area (Å²) < 4.78 is 0. The fourth-order valence-electron chi connectivity index (χ4n) is 1.14. The predicted octanol–water partition coefficient (Wildman–Crippen LogP) is 1.93. The van der Waals surface area contributed by atoms with Crippen LogP contribution in [0, 0.1) is 0 Å². The second-order valence-corrected chi connectivity index (χ2v) is 3.76. The highest BCUT2D eigenvalue weighted by atomic mass is 14.9. The SMILES string of the molecule is CN/C=C\C(N)=Nc1ccc(C(C)C)cn1. The molecular weight excluding hydrogens is 200 g/mol. The Bertz CT molecular complexity index is 377. The lowest BCUT2D eigenvalue weighted by Gasteiger charge is -2.03. The van der Waals surface area contributed by atoms with Crippen molar-refractivity contribution in [3.63, 3.8) is 0 Å². The van der Waals surface area contributed by atoms with Gasteiger partial charge in [-0.3, -0.25) is 0 Å². The van der Waals surface area contributed by atoms with E-state index in [2.05, 4.69) is 29.1 Å². The van der Waals surface area contributed by atoms with Crippen molar-refractivity contribution < 1.29 is 0 Å². The number of aromatic nitrogens is 1. The van der Waals surface area contributed by atoms with Crippen molar-refractivity contribution in [1.29, 1.82) is 0 Å². The van der Waals surface area contributed by atoms with Crippen LogP contribution in [-0.4, -0.2) is 17.9 Å². The zero-order valence-electron chi connectivity index (χ0n) is 9.94. The molecule has 1 aromatic rings. The highest BCUT2D eigenvalue weighted by molar-refractivity contribution is 5.92. The van der Waals surface area contributed by atoms with Crippen LogP contribution < -0.4 is 11.1 Å². The summed E-state index contributed by atoms with van der Waals surface area (Å²) in [4.78, 5) is 8.38. The molecule has 0 amide bonds. The fraction of sp³-hybridized carbons (Fsp3) is 0.333. The maximum Gasteiger partial charge on any atom is 0.154 e. The molecule has 3 N–H and O–H groups in total. The molecule has 0 saturated heterocycles. The molecule has 0 saturated carbocycles. The minimum atomic E-state index is 0.430. The Hall–Kier alpha value is -1.84. The average molecular weight is 218 g/mol. The molecule has 0 aromatic carbocycles. The van der Waals surface area contributed by atoms with Gasteiger partial charge in [0.1, 0.15) is 5.84 Å². The second kappa shape index (κ2) is 5.90. The van der Waals surface area contributed by atoms with Crippen LogP contribution in [0.4, 0.5) is 5.82 Å². The van der Waals surface area contributed by atoms with E-state index in [1.807, 2.05) is 18.3 Å². The lowest BCUT2D eigenvalue weighted by atomic mass is 10.1. The molecule has 4 nitrogen and oxygen atoms in total. The number of amidine groups is 1. The summed E-state index contributed by atoms with van der Waals surface area (Å²) in [5.41, 5.74) is 6.87. The van der Waals surface area contributed by atoms with E-state index < -0.39 is 0 Å². The number of rotatable bonds is 4. The molecule has 16 heavy (non-hydrogen) atoms. The second-order valence-electron chi connectivity index (χ2n) is 3.76. The molecule has 0 aliphatic heterocycles. The van der Waals surface area contributed by atoms with Gasteiger partial charge in [0, 0.05) is 13.2 Å². The zero-order chi connectivity index (χ0) is 12.0. The molecule has 0 fully saturated rings. The summed E-state index contributed by atoms with van der Waals surface area (Å²) in [6.45, 7) is 4.26. The Morgan fingerprint density at radius 3 is 2.75 bits per heavy atom. The van der Waals surface area contributed by atoms with Crippen molar-refractivity contribution in [3.8, 4) is 0 Å². The van der Waals surface area contributed by atoms with E-state index in [9.17, 15) is 0 Å². The molecule has 4 heteroatoms. The Kier molecular flexibility index (Phi) is 4.51. The van der Waals surface area contributed by atoms with Gasteiger partial charge in [-0.1, -0.05) is 19.9 Å². The smallest absolute Gasteiger partial charge is 0.154 e. The lowest BCUT2D eigenvalue weighted by Crippen LogP contribution is -2.08. The summed E-state index contributed by atoms with van der Waals surface area (Å²) in [5, 5.41) is 2.85. The summed E-state index contributed by atoms with van der Waals surface area (Å²) in [5.74, 6) is 1.54. The molecule has 0 spiro atoms. The normalized spacial score (nSPS) is 12.4. The third kappa shape index (κ3) is 3.73. The minimum Gasteiger partial charge on any atom is -0.394 e. The van der Waals surface area contributed by atoms with Crippen molar-refractivity contribution >= 4 is 11.7 Å². The quantitative estimate of drug-likeness (QED) is 0.599.